The minimum atomic E-state index is -0.857. The van der Waals surface area contributed by atoms with E-state index in [2.05, 4.69) is 15.9 Å². The molecule has 0 fully saturated rings. The van der Waals surface area contributed by atoms with Gasteiger partial charge in [0.2, 0.25) is 5.78 Å². The summed E-state index contributed by atoms with van der Waals surface area (Å²) in [5.41, 5.74) is 0.870. The van der Waals surface area contributed by atoms with Gasteiger partial charge in [0.25, 0.3) is 0 Å². The van der Waals surface area contributed by atoms with Gasteiger partial charge in [0.1, 0.15) is 5.75 Å². The van der Waals surface area contributed by atoms with Crippen LogP contribution in [0.15, 0.2) is 53.0 Å². The molecule has 2 rings (SSSR count). The lowest BCUT2D eigenvalue weighted by Gasteiger charge is -2.12. The van der Waals surface area contributed by atoms with E-state index in [1.54, 1.807) is 62.6 Å². The zero-order valence-electron chi connectivity index (χ0n) is 12.2. The molecule has 0 saturated carbocycles. The first kappa shape index (κ1) is 16.2. The number of ketones is 1. The Morgan fingerprint density at radius 3 is 2.05 bits per heavy atom. The molecule has 0 aliphatic heterocycles. The Kier molecular flexibility index (Phi) is 5.33. The van der Waals surface area contributed by atoms with Gasteiger partial charge in [-0.25, -0.2) is 4.79 Å². The van der Waals surface area contributed by atoms with Gasteiger partial charge in [-0.2, -0.15) is 0 Å². The Bertz CT molecular complexity index is 662. The van der Waals surface area contributed by atoms with Gasteiger partial charge in [0, 0.05) is 10.0 Å². The van der Waals surface area contributed by atoms with E-state index in [-0.39, 0.29) is 5.78 Å². The molecule has 2 aromatic carbocycles. The van der Waals surface area contributed by atoms with Gasteiger partial charge in [-0.05, 0) is 55.5 Å². The van der Waals surface area contributed by atoms with Crippen LogP contribution in [0, 0.1) is 0 Å². The number of hydrogen-bond acceptors (Lipinski definition) is 4. The number of Topliss-reactive ketones (excluding diaryl/α,β-unsaturated/α-hetero) is 1. The van der Waals surface area contributed by atoms with Crippen LogP contribution >= 0.6 is 15.9 Å². The Balaban J connectivity index is 2.03. The summed E-state index contributed by atoms with van der Waals surface area (Å²) in [6, 6.07) is 13.4. The number of benzene rings is 2. The average Bonchev–Trinajstić information content (AvgIpc) is 2.54. The number of carbonyl (C=O) groups is 2. The molecule has 4 nitrogen and oxygen atoms in total. The van der Waals surface area contributed by atoms with Crippen LogP contribution in [-0.2, 0) is 4.74 Å². The van der Waals surface area contributed by atoms with Crippen LogP contribution in [0.4, 0.5) is 0 Å². The van der Waals surface area contributed by atoms with E-state index in [0.29, 0.717) is 16.9 Å². The molecule has 0 amide bonds. The molecule has 2 aromatic rings. The van der Waals surface area contributed by atoms with E-state index >= 15 is 0 Å². The third-order valence-electron chi connectivity index (χ3n) is 3.11. The van der Waals surface area contributed by atoms with Crippen LogP contribution < -0.4 is 4.74 Å². The Labute approximate surface area is 137 Å². The van der Waals surface area contributed by atoms with Crippen molar-refractivity contribution in [1.29, 1.82) is 0 Å². The maximum atomic E-state index is 12.2. The lowest BCUT2D eigenvalue weighted by Crippen LogP contribution is -2.24. The number of rotatable bonds is 5. The molecule has 0 radical (unpaired) electrons. The molecule has 0 saturated heterocycles. The molecule has 0 N–H and O–H groups in total. The van der Waals surface area contributed by atoms with Crippen LogP contribution in [0.2, 0.25) is 0 Å². The van der Waals surface area contributed by atoms with Crippen LogP contribution in [0.5, 0.6) is 5.75 Å². The van der Waals surface area contributed by atoms with Crippen molar-refractivity contribution in [2.24, 2.45) is 0 Å². The first-order chi connectivity index (χ1) is 10.5. The van der Waals surface area contributed by atoms with E-state index in [1.807, 2.05) is 0 Å². The number of hydrogen-bond donors (Lipinski definition) is 0. The Morgan fingerprint density at radius 1 is 0.955 bits per heavy atom. The maximum Gasteiger partial charge on any atom is 0.338 e. The largest absolute Gasteiger partial charge is 0.497 e. The van der Waals surface area contributed by atoms with Crippen molar-refractivity contribution >= 4 is 27.7 Å². The number of carbonyl (C=O) groups excluding carboxylic acids is 2. The molecule has 0 spiro atoms. The summed E-state index contributed by atoms with van der Waals surface area (Å²) < 4.78 is 11.1. The van der Waals surface area contributed by atoms with E-state index in [0.717, 1.165) is 4.47 Å². The summed E-state index contributed by atoms with van der Waals surface area (Å²) in [4.78, 5) is 24.2. The van der Waals surface area contributed by atoms with Crippen LogP contribution in [0.25, 0.3) is 0 Å². The fraction of sp³-hybridized carbons (Fsp3) is 0.176. The number of esters is 1. The van der Waals surface area contributed by atoms with Gasteiger partial charge in [-0.15, -0.1) is 0 Å². The topological polar surface area (TPSA) is 52.6 Å². The van der Waals surface area contributed by atoms with Crippen molar-refractivity contribution < 1.29 is 19.1 Å². The van der Waals surface area contributed by atoms with Crippen LogP contribution in [-0.4, -0.2) is 25.0 Å². The third-order valence-corrected chi connectivity index (χ3v) is 3.64. The second-order valence-corrected chi connectivity index (χ2v) is 5.56. The van der Waals surface area contributed by atoms with E-state index in [9.17, 15) is 9.59 Å². The molecule has 0 bridgehead atoms. The lowest BCUT2D eigenvalue weighted by molar-refractivity contribution is 0.0319. The van der Waals surface area contributed by atoms with Gasteiger partial charge < -0.3 is 9.47 Å². The average molecular weight is 363 g/mol. The van der Waals surface area contributed by atoms with Gasteiger partial charge in [0.05, 0.1) is 12.7 Å². The van der Waals surface area contributed by atoms with Crippen molar-refractivity contribution in [1.82, 2.24) is 0 Å². The standard InChI is InChI=1S/C17H15BrO4/c1-11(16(19)12-5-9-15(21-2)10-6-12)22-17(20)13-3-7-14(18)8-4-13/h3-11H,1-2H3/t11-/m1/s1. The first-order valence-electron chi connectivity index (χ1n) is 6.66. The molecule has 5 heteroatoms. The van der Waals surface area contributed by atoms with Crippen molar-refractivity contribution in [2.75, 3.05) is 7.11 Å². The SMILES string of the molecule is COc1ccc(C(=O)[C@@H](C)OC(=O)c2ccc(Br)cc2)cc1. The summed E-state index contributed by atoms with van der Waals surface area (Å²) in [5.74, 6) is -0.119. The van der Waals surface area contributed by atoms with Gasteiger partial charge in [0.15, 0.2) is 6.10 Å². The Morgan fingerprint density at radius 2 is 1.50 bits per heavy atom. The quantitative estimate of drug-likeness (QED) is 0.598. The number of ether oxygens (including phenoxy) is 2. The fourth-order valence-electron chi connectivity index (χ4n) is 1.86. The van der Waals surface area contributed by atoms with E-state index in [1.165, 1.54) is 0 Å². The molecule has 0 heterocycles. The van der Waals surface area contributed by atoms with Gasteiger partial charge in [-0.3, -0.25) is 4.79 Å². The minimum Gasteiger partial charge on any atom is -0.497 e. The van der Waals surface area contributed by atoms with E-state index in [4.69, 9.17) is 9.47 Å². The zero-order valence-corrected chi connectivity index (χ0v) is 13.8. The van der Waals surface area contributed by atoms with Crippen LogP contribution in [0.1, 0.15) is 27.6 Å². The highest BCUT2D eigenvalue weighted by Crippen LogP contribution is 2.15. The lowest BCUT2D eigenvalue weighted by atomic mass is 10.1. The molecule has 0 aliphatic rings. The second-order valence-electron chi connectivity index (χ2n) is 4.65. The zero-order chi connectivity index (χ0) is 16.1. The minimum absolute atomic E-state index is 0.256. The normalized spacial score (nSPS) is 11.6. The molecule has 1 atom stereocenters. The molecule has 114 valence electrons. The highest BCUT2D eigenvalue weighted by atomic mass is 79.9. The molecule has 0 unspecified atom stereocenters. The predicted molar refractivity (Wildman–Crippen MR) is 86.3 cm³/mol. The monoisotopic (exact) mass is 362 g/mol. The number of methoxy groups -OCH3 is 1. The van der Waals surface area contributed by atoms with Crippen molar-refractivity contribution in [3.05, 3.63) is 64.1 Å². The van der Waals surface area contributed by atoms with Gasteiger partial charge >= 0.3 is 5.97 Å². The fourth-order valence-corrected chi connectivity index (χ4v) is 2.12. The predicted octanol–water partition coefficient (Wildman–Crippen LogP) is 3.89. The highest BCUT2D eigenvalue weighted by molar-refractivity contribution is 9.10. The van der Waals surface area contributed by atoms with Crippen molar-refractivity contribution in [3.8, 4) is 5.75 Å². The number of halogens is 1. The molecular formula is C17H15BrO4. The van der Waals surface area contributed by atoms with Crippen LogP contribution in [0.3, 0.4) is 0 Å². The van der Waals surface area contributed by atoms with Crippen molar-refractivity contribution in [3.63, 3.8) is 0 Å². The first-order valence-corrected chi connectivity index (χ1v) is 7.45. The van der Waals surface area contributed by atoms with Gasteiger partial charge in [-0.1, -0.05) is 15.9 Å². The molecule has 0 aromatic heterocycles. The van der Waals surface area contributed by atoms with Crippen molar-refractivity contribution in [2.45, 2.75) is 13.0 Å². The Hall–Kier alpha value is -2.14. The highest BCUT2D eigenvalue weighted by Gasteiger charge is 2.20. The smallest absolute Gasteiger partial charge is 0.338 e. The second kappa shape index (κ2) is 7.22. The summed E-state index contributed by atoms with van der Waals surface area (Å²) in [5, 5.41) is 0. The molecular weight excluding hydrogens is 348 g/mol. The molecule has 0 aliphatic carbocycles. The summed E-state index contributed by atoms with van der Waals surface area (Å²) in [7, 11) is 1.56. The summed E-state index contributed by atoms with van der Waals surface area (Å²) in [6.45, 7) is 1.56. The third kappa shape index (κ3) is 3.95. The maximum absolute atomic E-state index is 12.2. The summed E-state index contributed by atoms with van der Waals surface area (Å²) in [6.07, 6.45) is -0.857. The summed E-state index contributed by atoms with van der Waals surface area (Å²) >= 11 is 3.29. The molecule has 22 heavy (non-hydrogen) atoms. The van der Waals surface area contributed by atoms with E-state index < -0.39 is 12.1 Å².